The lowest BCUT2D eigenvalue weighted by atomic mass is 10.2. The number of halogens is 1. The molecule has 4 nitrogen and oxygen atoms in total. The summed E-state index contributed by atoms with van der Waals surface area (Å²) in [7, 11) is 1.58. The van der Waals surface area contributed by atoms with Crippen LogP contribution in [0.4, 0.5) is 5.69 Å². The Morgan fingerprint density at radius 3 is 2.76 bits per heavy atom. The van der Waals surface area contributed by atoms with E-state index in [1.807, 2.05) is 6.07 Å². The van der Waals surface area contributed by atoms with E-state index in [0.29, 0.717) is 29.2 Å². The van der Waals surface area contributed by atoms with Crippen LogP contribution in [-0.4, -0.2) is 19.6 Å². The maximum Gasteiger partial charge on any atom is 0.193 e. The summed E-state index contributed by atoms with van der Waals surface area (Å²) in [5, 5.41) is 3.51. The molecule has 0 aliphatic rings. The van der Waals surface area contributed by atoms with Crippen molar-refractivity contribution in [3.63, 3.8) is 0 Å². The lowest BCUT2D eigenvalue weighted by molar-refractivity contribution is 0.415. The number of benzene rings is 1. The van der Waals surface area contributed by atoms with Crippen LogP contribution in [0.15, 0.2) is 23.2 Å². The highest BCUT2D eigenvalue weighted by Crippen LogP contribution is 2.26. The lowest BCUT2D eigenvalue weighted by Crippen LogP contribution is -2.23. The van der Waals surface area contributed by atoms with Gasteiger partial charge in [-0.2, -0.15) is 0 Å². The van der Waals surface area contributed by atoms with Crippen LogP contribution in [-0.2, 0) is 0 Å². The molecule has 0 aliphatic carbocycles. The summed E-state index contributed by atoms with van der Waals surface area (Å²) in [4.78, 5) is 4.20. The number of guanidine groups is 1. The Bertz CT molecular complexity index is 405. The number of rotatable bonds is 4. The molecule has 0 saturated carbocycles. The molecule has 17 heavy (non-hydrogen) atoms. The molecule has 0 aliphatic heterocycles. The Kier molecular flexibility index (Phi) is 5.10. The minimum atomic E-state index is 0.389. The third kappa shape index (κ3) is 4.53. The second-order valence-electron chi connectivity index (χ2n) is 4.09. The van der Waals surface area contributed by atoms with E-state index in [-0.39, 0.29) is 0 Å². The first-order valence-corrected chi connectivity index (χ1v) is 5.81. The number of hydrogen-bond donors (Lipinski definition) is 2. The fourth-order valence-electron chi connectivity index (χ4n) is 1.21. The van der Waals surface area contributed by atoms with Crippen LogP contribution in [0.25, 0.3) is 0 Å². The monoisotopic (exact) mass is 255 g/mol. The van der Waals surface area contributed by atoms with Crippen LogP contribution in [0.1, 0.15) is 13.8 Å². The molecule has 1 rings (SSSR count). The molecule has 5 heteroatoms. The fourth-order valence-corrected chi connectivity index (χ4v) is 1.47. The van der Waals surface area contributed by atoms with Crippen LogP contribution in [0.5, 0.6) is 5.75 Å². The Morgan fingerprint density at radius 1 is 1.53 bits per heavy atom. The topological polar surface area (TPSA) is 59.6 Å². The van der Waals surface area contributed by atoms with Crippen molar-refractivity contribution in [3.05, 3.63) is 23.2 Å². The quantitative estimate of drug-likeness (QED) is 0.642. The average Bonchev–Trinajstić information content (AvgIpc) is 2.26. The van der Waals surface area contributed by atoms with Crippen LogP contribution >= 0.6 is 11.6 Å². The van der Waals surface area contributed by atoms with Gasteiger partial charge in [-0.1, -0.05) is 25.4 Å². The van der Waals surface area contributed by atoms with Crippen molar-refractivity contribution in [1.29, 1.82) is 0 Å². The van der Waals surface area contributed by atoms with Gasteiger partial charge in [-0.25, -0.2) is 0 Å². The molecule has 0 radical (unpaired) electrons. The lowest BCUT2D eigenvalue weighted by Gasteiger charge is -2.08. The molecule has 0 amide bonds. The minimum Gasteiger partial charge on any atom is -0.495 e. The van der Waals surface area contributed by atoms with Crippen LogP contribution < -0.4 is 15.8 Å². The Balaban J connectivity index is 2.69. The van der Waals surface area contributed by atoms with Gasteiger partial charge < -0.3 is 15.8 Å². The van der Waals surface area contributed by atoms with Crippen molar-refractivity contribution >= 4 is 23.2 Å². The summed E-state index contributed by atoms with van der Waals surface area (Å²) in [6, 6.07) is 5.36. The molecule has 94 valence electrons. The first kappa shape index (κ1) is 13.6. The smallest absolute Gasteiger partial charge is 0.193 e. The summed E-state index contributed by atoms with van der Waals surface area (Å²) in [5.74, 6) is 1.50. The summed E-state index contributed by atoms with van der Waals surface area (Å²) in [6.07, 6.45) is 0. The summed E-state index contributed by atoms with van der Waals surface area (Å²) in [6.45, 7) is 4.87. The van der Waals surface area contributed by atoms with Gasteiger partial charge in [0.25, 0.3) is 0 Å². The van der Waals surface area contributed by atoms with Crippen molar-refractivity contribution in [2.75, 3.05) is 19.0 Å². The first-order chi connectivity index (χ1) is 8.02. The zero-order chi connectivity index (χ0) is 12.8. The van der Waals surface area contributed by atoms with E-state index >= 15 is 0 Å². The molecule has 0 atom stereocenters. The molecule has 0 bridgehead atoms. The third-order valence-corrected chi connectivity index (χ3v) is 2.35. The van der Waals surface area contributed by atoms with Crippen molar-refractivity contribution in [3.8, 4) is 5.75 Å². The van der Waals surface area contributed by atoms with E-state index in [1.54, 1.807) is 19.2 Å². The van der Waals surface area contributed by atoms with Crippen LogP contribution in [0, 0.1) is 5.92 Å². The molecule has 1 aromatic rings. The molecular formula is C12H18ClN3O. The predicted octanol–water partition coefficient (Wildman–Crippen LogP) is 2.73. The SMILES string of the molecule is COc1ccc(NC(N)=NCC(C)C)cc1Cl. The van der Waals surface area contributed by atoms with Gasteiger partial charge in [0.05, 0.1) is 12.1 Å². The minimum absolute atomic E-state index is 0.389. The number of ether oxygens (including phenoxy) is 1. The molecule has 0 heterocycles. The summed E-state index contributed by atoms with van der Waals surface area (Å²) < 4.78 is 5.06. The Hall–Kier alpha value is -1.42. The van der Waals surface area contributed by atoms with Crippen LogP contribution in [0.2, 0.25) is 5.02 Å². The molecule has 0 aromatic heterocycles. The predicted molar refractivity (Wildman–Crippen MR) is 73.0 cm³/mol. The largest absolute Gasteiger partial charge is 0.495 e. The molecular weight excluding hydrogens is 238 g/mol. The number of nitrogens with two attached hydrogens (primary N) is 1. The van der Waals surface area contributed by atoms with E-state index in [2.05, 4.69) is 24.2 Å². The molecule has 1 aromatic carbocycles. The van der Waals surface area contributed by atoms with Crippen molar-refractivity contribution in [2.45, 2.75) is 13.8 Å². The van der Waals surface area contributed by atoms with Gasteiger partial charge in [-0.05, 0) is 24.1 Å². The van der Waals surface area contributed by atoms with Gasteiger partial charge in [-0.3, -0.25) is 4.99 Å². The van der Waals surface area contributed by atoms with Crippen molar-refractivity contribution in [1.82, 2.24) is 0 Å². The van der Waals surface area contributed by atoms with E-state index in [1.165, 1.54) is 0 Å². The van der Waals surface area contributed by atoms with Gasteiger partial charge in [-0.15, -0.1) is 0 Å². The summed E-state index contributed by atoms with van der Waals surface area (Å²) in [5.41, 5.74) is 6.53. The molecule has 3 N–H and O–H groups in total. The molecule has 0 unspecified atom stereocenters. The average molecular weight is 256 g/mol. The molecule has 0 saturated heterocycles. The number of aliphatic imine (C=N–C) groups is 1. The van der Waals surface area contributed by atoms with E-state index in [4.69, 9.17) is 22.1 Å². The first-order valence-electron chi connectivity index (χ1n) is 5.43. The zero-order valence-corrected chi connectivity index (χ0v) is 11.1. The van der Waals surface area contributed by atoms with E-state index in [9.17, 15) is 0 Å². The van der Waals surface area contributed by atoms with E-state index in [0.717, 1.165) is 5.69 Å². The highest BCUT2D eigenvalue weighted by molar-refractivity contribution is 6.32. The Labute approximate surface area is 107 Å². The van der Waals surface area contributed by atoms with Gasteiger partial charge in [0.15, 0.2) is 5.96 Å². The standard InChI is InChI=1S/C12H18ClN3O/c1-8(2)7-15-12(14)16-9-4-5-11(17-3)10(13)6-9/h4-6,8H,7H2,1-3H3,(H3,14,15,16). The fraction of sp³-hybridized carbons (Fsp3) is 0.417. The van der Waals surface area contributed by atoms with Crippen LogP contribution in [0.3, 0.4) is 0 Å². The van der Waals surface area contributed by atoms with E-state index < -0.39 is 0 Å². The van der Waals surface area contributed by atoms with Gasteiger partial charge in [0, 0.05) is 12.2 Å². The number of anilines is 1. The highest BCUT2D eigenvalue weighted by atomic mass is 35.5. The number of hydrogen-bond acceptors (Lipinski definition) is 2. The second-order valence-corrected chi connectivity index (χ2v) is 4.50. The maximum absolute atomic E-state index is 5.99. The number of nitrogens with zero attached hydrogens (tertiary/aromatic N) is 1. The number of nitrogens with one attached hydrogen (secondary N) is 1. The molecule has 0 spiro atoms. The van der Waals surface area contributed by atoms with Gasteiger partial charge in [0.1, 0.15) is 5.75 Å². The van der Waals surface area contributed by atoms with Gasteiger partial charge >= 0.3 is 0 Å². The molecule has 0 fully saturated rings. The third-order valence-electron chi connectivity index (χ3n) is 2.05. The van der Waals surface area contributed by atoms with Crippen molar-refractivity contribution < 1.29 is 4.74 Å². The van der Waals surface area contributed by atoms with Crippen molar-refractivity contribution in [2.24, 2.45) is 16.6 Å². The number of methoxy groups -OCH3 is 1. The maximum atomic E-state index is 5.99. The Morgan fingerprint density at radius 2 is 2.24 bits per heavy atom. The second kappa shape index (κ2) is 6.35. The zero-order valence-electron chi connectivity index (χ0n) is 10.3. The van der Waals surface area contributed by atoms with Gasteiger partial charge in [0.2, 0.25) is 0 Å². The highest BCUT2D eigenvalue weighted by Gasteiger charge is 2.02. The normalized spacial score (nSPS) is 11.7. The summed E-state index contributed by atoms with van der Waals surface area (Å²) >= 11 is 5.99.